The topological polar surface area (TPSA) is 59.2 Å². The van der Waals surface area contributed by atoms with E-state index in [0.717, 1.165) is 11.1 Å². The van der Waals surface area contributed by atoms with E-state index < -0.39 is 0 Å². The molecule has 0 bridgehead atoms. The molecule has 1 aliphatic rings. The first-order valence-electron chi connectivity index (χ1n) is 8.07. The number of anilines is 1. The van der Waals surface area contributed by atoms with Crippen molar-refractivity contribution in [2.24, 2.45) is 0 Å². The molecule has 1 fully saturated rings. The van der Waals surface area contributed by atoms with Crippen LogP contribution < -0.4 is 4.90 Å². The van der Waals surface area contributed by atoms with Gasteiger partial charge in [0.25, 0.3) is 5.89 Å². The van der Waals surface area contributed by atoms with Gasteiger partial charge >= 0.3 is 0 Å². The van der Waals surface area contributed by atoms with Crippen LogP contribution in [0.2, 0.25) is 0 Å². The number of hydrogen-bond donors (Lipinski definition) is 0. The van der Waals surface area contributed by atoms with Crippen LogP contribution in [-0.2, 0) is 4.79 Å². The average Bonchev–Trinajstić information content (AvgIpc) is 3.23. The molecule has 1 aromatic heterocycles. The number of aromatic nitrogens is 2. The van der Waals surface area contributed by atoms with E-state index in [9.17, 15) is 9.18 Å². The average molecular weight is 337 g/mol. The molecule has 0 radical (unpaired) electrons. The maximum absolute atomic E-state index is 13.1. The van der Waals surface area contributed by atoms with Gasteiger partial charge in [0, 0.05) is 30.1 Å². The molecule has 0 saturated carbocycles. The lowest BCUT2D eigenvalue weighted by Gasteiger charge is -2.15. The van der Waals surface area contributed by atoms with Gasteiger partial charge in [-0.05, 0) is 43.3 Å². The zero-order valence-electron chi connectivity index (χ0n) is 13.6. The van der Waals surface area contributed by atoms with E-state index in [1.54, 1.807) is 17.0 Å². The highest BCUT2D eigenvalue weighted by Gasteiger charge is 2.34. The highest BCUT2D eigenvalue weighted by Crippen LogP contribution is 2.31. The van der Waals surface area contributed by atoms with Crippen molar-refractivity contribution >= 4 is 11.6 Å². The fourth-order valence-electron chi connectivity index (χ4n) is 2.97. The summed E-state index contributed by atoms with van der Waals surface area (Å²) in [4.78, 5) is 18.4. The van der Waals surface area contributed by atoms with Crippen LogP contribution in [-0.4, -0.2) is 22.6 Å². The second kappa shape index (κ2) is 6.12. The fourth-order valence-corrected chi connectivity index (χ4v) is 2.97. The summed E-state index contributed by atoms with van der Waals surface area (Å²) in [6.45, 7) is 2.47. The Morgan fingerprint density at radius 3 is 2.56 bits per heavy atom. The van der Waals surface area contributed by atoms with E-state index in [-0.39, 0.29) is 17.6 Å². The van der Waals surface area contributed by atoms with Crippen molar-refractivity contribution in [2.45, 2.75) is 19.3 Å². The monoisotopic (exact) mass is 337 g/mol. The van der Waals surface area contributed by atoms with Gasteiger partial charge in [0.1, 0.15) is 5.82 Å². The summed E-state index contributed by atoms with van der Waals surface area (Å²) in [6, 6.07) is 13.7. The van der Waals surface area contributed by atoms with Crippen LogP contribution in [0.15, 0.2) is 53.1 Å². The molecule has 0 aliphatic carbocycles. The van der Waals surface area contributed by atoms with Crippen LogP contribution in [0.4, 0.5) is 10.1 Å². The molecular formula is C19H16FN3O2. The third-order valence-corrected chi connectivity index (χ3v) is 4.37. The number of aryl methyl sites for hydroxylation is 1. The first-order valence-corrected chi connectivity index (χ1v) is 8.07. The highest BCUT2D eigenvalue weighted by atomic mass is 19.1. The number of nitrogens with zero attached hydrogens (tertiary/aromatic N) is 3. The molecule has 1 amide bonds. The zero-order valence-corrected chi connectivity index (χ0v) is 13.6. The van der Waals surface area contributed by atoms with Gasteiger partial charge in [-0.25, -0.2) is 4.39 Å². The molecule has 1 unspecified atom stereocenters. The minimum atomic E-state index is -0.326. The summed E-state index contributed by atoms with van der Waals surface area (Å²) in [5.41, 5.74) is 2.68. The Hall–Kier alpha value is -3.02. The molecule has 6 heteroatoms. The van der Waals surface area contributed by atoms with Crippen molar-refractivity contribution in [3.05, 3.63) is 65.7 Å². The lowest BCUT2D eigenvalue weighted by atomic mass is 10.1. The van der Waals surface area contributed by atoms with E-state index in [4.69, 9.17) is 4.52 Å². The Morgan fingerprint density at radius 1 is 1.12 bits per heavy atom. The lowest BCUT2D eigenvalue weighted by molar-refractivity contribution is -0.117. The molecule has 4 rings (SSSR count). The Morgan fingerprint density at radius 2 is 1.84 bits per heavy atom. The standard InChI is InChI=1S/C19H16FN3O2/c1-12-2-4-13(5-3-12)19-21-18(22-25-19)14-10-17(24)23(11-14)16-8-6-15(20)7-9-16/h2-9,14H,10-11H2,1H3. The lowest BCUT2D eigenvalue weighted by Crippen LogP contribution is -2.24. The Labute approximate surface area is 144 Å². The SMILES string of the molecule is Cc1ccc(-c2nc(C3CC(=O)N(c4ccc(F)cc4)C3)no2)cc1. The predicted octanol–water partition coefficient (Wildman–Crippen LogP) is 3.70. The van der Waals surface area contributed by atoms with E-state index in [1.165, 1.54) is 12.1 Å². The summed E-state index contributed by atoms with van der Waals surface area (Å²) in [6.07, 6.45) is 0.310. The van der Waals surface area contributed by atoms with Crippen LogP contribution in [0.25, 0.3) is 11.5 Å². The van der Waals surface area contributed by atoms with Gasteiger partial charge < -0.3 is 9.42 Å². The third kappa shape index (κ3) is 3.03. The molecular weight excluding hydrogens is 321 g/mol. The highest BCUT2D eigenvalue weighted by molar-refractivity contribution is 5.96. The van der Waals surface area contributed by atoms with Crippen molar-refractivity contribution < 1.29 is 13.7 Å². The molecule has 2 heterocycles. The second-order valence-electron chi connectivity index (χ2n) is 6.21. The molecule has 5 nitrogen and oxygen atoms in total. The molecule has 2 aromatic carbocycles. The minimum absolute atomic E-state index is 0.0294. The van der Waals surface area contributed by atoms with Gasteiger partial charge in [0.05, 0.1) is 0 Å². The Kier molecular flexibility index (Phi) is 3.80. The molecule has 0 spiro atoms. The van der Waals surface area contributed by atoms with Gasteiger partial charge in [0.2, 0.25) is 5.91 Å². The summed E-state index contributed by atoms with van der Waals surface area (Å²) in [5, 5.41) is 4.05. The van der Waals surface area contributed by atoms with Crippen molar-refractivity contribution in [3.8, 4) is 11.5 Å². The van der Waals surface area contributed by atoms with Crippen LogP contribution >= 0.6 is 0 Å². The fraction of sp³-hybridized carbons (Fsp3) is 0.211. The normalized spacial score (nSPS) is 17.3. The number of carbonyl (C=O) groups excluding carboxylic acids is 1. The smallest absolute Gasteiger partial charge is 0.257 e. The van der Waals surface area contributed by atoms with E-state index in [1.807, 2.05) is 31.2 Å². The number of benzene rings is 2. The second-order valence-corrected chi connectivity index (χ2v) is 6.21. The summed E-state index contributed by atoms with van der Waals surface area (Å²) < 4.78 is 18.4. The van der Waals surface area contributed by atoms with Gasteiger partial charge in [-0.15, -0.1) is 0 Å². The maximum Gasteiger partial charge on any atom is 0.257 e. The molecule has 1 aliphatic heterocycles. The van der Waals surface area contributed by atoms with Crippen molar-refractivity contribution in [3.63, 3.8) is 0 Å². The third-order valence-electron chi connectivity index (χ3n) is 4.37. The summed E-state index contributed by atoms with van der Waals surface area (Å²) >= 11 is 0. The molecule has 1 atom stereocenters. The van der Waals surface area contributed by atoms with Gasteiger partial charge in [-0.2, -0.15) is 4.98 Å². The zero-order chi connectivity index (χ0) is 17.4. The molecule has 126 valence electrons. The number of amides is 1. The van der Waals surface area contributed by atoms with Gasteiger partial charge in [-0.1, -0.05) is 22.9 Å². The number of halogens is 1. The van der Waals surface area contributed by atoms with Crippen LogP contribution in [0, 0.1) is 12.7 Å². The Bertz CT molecular complexity index is 903. The first-order chi connectivity index (χ1) is 12.1. The first kappa shape index (κ1) is 15.5. The molecule has 1 saturated heterocycles. The van der Waals surface area contributed by atoms with Crippen molar-refractivity contribution in [2.75, 3.05) is 11.4 Å². The number of rotatable bonds is 3. The number of carbonyl (C=O) groups is 1. The van der Waals surface area contributed by atoms with E-state index in [0.29, 0.717) is 30.4 Å². The summed E-state index contributed by atoms with van der Waals surface area (Å²) in [5.74, 6) is 0.475. The quantitative estimate of drug-likeness (QED) is 0.731. The van der Waals surface area contributed by atoms with Gasteiger partial charge in [-0.3, -0.25) is 4.79 Å². The molecule has 3 aromatic rings. The van der Waals surface area contributed by atoms with E-state index in [2.05, 4.69) is 10.1 Å². The van der Waals surface area contributed by atoms with Crippen LogP contribution in [0.5, 0.6) is 0 Å². The Balaban J connectivity index is 1.54. The largest absolute Gasteiger partial charge is 0.334 e. The van der Waals surface area contributed by atoms with Gasteiger partial charge in [0.15, 0.2) is 5.82 Å². The van der Waals surface area contributed by atoms with E-state index >= 15 is 0 Å². The van der Waals surface area contributed by atoms with Crippen LogP contribution in [0.3, 0.4) is 0 Å². The van der Waals surface area contributed by atoms with Crippen molar-refractivity contribution in [1.82, 2.24) is 10.1 Å². The number of hydrogen-bond acceptors (Lipinski definition) is 4. The molecule has 0 N–H and O–H groups in total. The predicted molar refractivity (Wildman–Crippen MR) is 90.6 cm³/mol. The molecule has 25 heavy (non-hydrogen) atoms. The summed E-state index contributed by atoms with van der Waals surface area (Å²) in [7, 11) is 0. The van der Waals surface area contributed by atoms with Crippen LogP contribution in [0.1, 0.15) is 23.7 Å². The van der Waals surface area contributed by atoms with Crippen molar-refractivity contribution in [1.29, 1.82) is 0 Å². The maximum atomic E-state index is 13.1. The minimum Gasteiger partial charge on any atom is -0.334 e.